The van der Waals surface area contributed by atoms with Gasteiger partial charge < -0.3 is 15.1 Å². The summed E-state index contributed by atoms with van der Waals surface area (Å²) in [6.07, 6.45) is 3.39. The highest BCUT2D eigenvalue weighted by Gasteiger charge is 2.20. The molecular formula is C15H25N5O. The fourth-order valence-electron chi connectivity index (χ4n) is 2.43. The summed E-state index contributed by atoms with van der Waals surface area (Å²) >= 11 is 0. The third kappa shape index (κ3) is 4.67. The summed E-state index contributed by atoms with van der Waals surface area (Å²) in [6, 6.07) is 1.76. The Kier molecular flexibility index (Phi) is 5.50. The summed E-state index contributed by atoms with van der Waals surface area (Å²) in [6.45, 7) is 5.21. The van der Waals surface area contributed by atoms with Crippen LogP contribution in [0.4, 0.5) is 5.82 Å². The van der Waals surface area contributed by atoms with Crippen molar-refractivity contribution in [3.8, 4) is 0 Å². The van der Waals surface area contributed by atoms with Gasteiger partial charge in [-0.25, -0.2) is 9.97 Å². The molecule has 1 aromatic heterocycles. The zero-order valence-electron chi connectivity index (χ0n) is 13.2. The first-order chi connectivity index (χ1) is 10.1. The fourth-order valence-corrected chi connectivity index (χ4v) is 2.43. The van der Waals surface area contributed by atoms with E-state index in [1.165, 1.54) is 6.42 Å². The van der Waals surface area contributed by atoms with Crippen LogP contribution in [0.2, 0.25) is 0 Å². The number of likely N-dealkylation sites (N-methyl/N-ethyl adjacent to an activating group) is 1. The van der Waals surface area contributed by atoms with Crippen LogP contribution in [0.1, 0.15) is 35.6 Å². The van der Waals surface area contributed by atoms with Crippen molar-refractivity contribution in [2.24, 2.45) is 0 Å². The molecule has 2 rings (SSSR count). The molecule has 0 unspecified atom stereocenters. The van der Waals surface area contributed by atoms with Crippen molar-refractivity contribution in [2.45, 2.75) is 26.2 Å². The van der Waals surface area contributed by atoms with Crippen molar-refractivity contribution in [1.82, 2.24) is 19.8 Å². The van der Waals surface area contributed by atoms with Gasteiger partial charge in [-0.3, -0.25) is 4.79 Å². The van der Waals surface area contributed by atoms with Gasteiger partial charge in [0.2, 0.25) is 0 Å². The Morgan fingerprint density at radius 1 is 1.29 bits per heavy atom. The molecule has 1 N–H and O–H groups in total. The topological polar surface area (TPSA) is 61.4 Å². The number of aryl methyl sites for hydroxylation is 1. The van der Waals surface area contributed by atoms with E-state index in [-0.39, 0.29) is 5.91 Å². The van der Waals surface area contributed by atoms with E-state index in [1.54, 1.807) is 6.07 Å². The summed E-state index contributed by atoms with van der Waals surface area (Å²) in [7, 11) is 4.05. The molecule has 0 saturated carbocycles. The summed E-state index contributed by atoms with van der Waals surface area (Å²) in [5.74, 6) is 1.38. The van der Waals surface area contributed by atoms with E-state index >= 15 is 0 Å². The van der Waals surface area contributed by atoms with Crippen molar-refractivity contribution in [2.75, 3.05) is 45.6 Å². The highest BCUT2D eigenvalue weighted by Crippen LogP contribution is 2.14. The lowest BCUT2D eigenvalue weighted by Gasteiger charge is -2.26. The molecule has 0 spiro atoms. The SMILES string of the molecule is Cc1nc(NCCN(C)C)cc(C(=O)N2CCCCC2)n1. The predicted octanol–water partition coefficient (Wildman–Crippen LogP) is 1.38. The maximum Gasteiger partial charge on any atom is 0.272 e. The Balaban J connectivity index is 2.05. The van der Waals surface area contributed by atoms with Crippen LogP contribution in [0.15, 0.2) is 6.07 Å². The van der Waals surface area contributed by atoms with Crippen LogP contribution in [0, 0.1) is 6.92 Å². The van der Waals surface area contributed by atoms with Crippen LogP contribution in [-0.4, -0.2) is 65.9 Å². The van der Waals surface area contributed by atoms with Crippen molar-refractivity contribution in [3.05, 3.63) is 17.6 Å². The fraction of sp³-hybridized carbons (Fsp3) is 0.667. The Morgan fingerprint density at radius 3 is 2.67 bits per heavy atom. The number of amides is 1. The molecule has 6 nitrogen and oxygen atoms in total. The lowest BCUT2D eigenvalue weighted by Crippen LogP contribution is -2.36. The lowest BCUT2D eigenvalue weighted by atomic mass is 10.1. The molecule has 1 aromatic rings. The molecule has 2 heterocycles. The maximum absolute atomic E-state index is 12.5. The normalized spacial score (nSPS) is 15.3. The molecule has 1 saturated heterocycles. The summed E-state index contributed by atoms with van der Waals surface area (Å²) in [5, 5.41) is 3.25. The number of likely N-dealkylation sites (tertiary alicyclic amines) is 1. The Morgan fingerprint density at radius 2 is 2.00 bits per heavy atom. The van der Waals surface area contributed by atoms with Crippen LogP contribution >= 0.6 is 0 Å². The van der Waals surface area contributed by atoms with Crippen LogP contribution < -0.4 is 5.32 Å². The van der Waals surface area contributed by atoms with E-state index in [0.29, 0.717) is 11.5 Å². The molecule has 1 amide bonds. The van der Waals surface area contributed by atoms with E-state index < -0.39 is 0 Å². The first kappa shape index (κ1) is 15.7. The van der Waals surface area contributed by atoms with Gasteiger partial charge >= 0.3 is 0 Å². The molecule has 116 valence electrons. The van der Waals surface area contributed by atoms with Gasteiger partial charge in [-0.2, -0.15) is 0 Å². The average molecular weight is 291 g/mol. The molecule has 0 atom stereocenters. The molecular weight excluding hydrogens is 266 g/mol. The van der Waals surface area contributed by atoms with E-state index in [4.69, 9.17) is 0 Å². The number of rotatable bonds is 5. The molecule has 1 aliphatic heterocycles. The zero-order valence-corrected chi connectivity index (χ0v) is 13.2. The first-order valence-electron chi connectivity index (χ1n) is 7.60. The van der Waals surface area contributed by atoms with Crippen LogP contribution in [0.25, 0.3) is 0 Å². The number of hydrogen-bond donors (Lipinski definition) is 1. The Hall–Kier alpha value is -1.69. The van der Waals surface area contributed by atoms with Crippen LogP contribution in [0.5, 0.6) is 0 Å². The van der Waals surface area contributed by atoms with Crippen LogP contribution in [-0.2, 0) is 0 Å². The Bertz CT molecular complexity index is 483. The van der Waals surface area contributed by atoms with Crippen molar-refractivity contribution in [1.29, 1.82) is 0 Å². The summed E-state index contributed by atoms with van der Waals surface area (Å²) < 4.78 is 0. The second-order valence-electron chi connectivity index (χ2n) is 5.77. The third-order valence-electron chi connectivity index (χ3n) is 3.57. The number of piperidine rings is 1. The first-order valence-corrected chi connectivity index (χ1v) is 7.60. The number of carbonyl (C=O) groups is 1. The van der Waals surface area contributed by atoms with E-state index in [9.17, 15) is 4.79 Å². The minimum atomic E-state index is 0.0239. The van der Waals surface area contributed by atoms with Gasteiger partial charge in [-0.1, -0.05) is 0 Å². The minimum absolute atomic E-state index is 0.0239. The molecule has 0 bridgehead atoms. The van der Waals surface area contributed by atoms with Gasteiger partial charge in [0.25, 0.3) is 5.91 Å². The van der Waals surface area contributed by atoms with E-state index in [1.807, 2.05) is 25.9 Å². The highest BCUT2D eigenvalue weighted by molar-refractivity contribution is 5.93. The van der Waals surface area contributed by atoms with Gasteiger partial charge in [0.1, 0.15) is 17.3 Å². The smallest absolute Gasteiger partial charge is 0.272 e. The number of aromatic nitrogens is 2. The van der Waals surface area contributed by atoms with Gasteiger partial charge in [0.05, 0.1) is 0 Å². The second kappa shape index (κ2) is 7.36. The van der Waals surface area contributed by atoms with Crippen molar-refractivity contribution >= 4 is 11.7 Å². The van der Waals surface area contributed by atoms with Gasteiger partial charge in [-0.05, 0) is 40.3 Å². The maximum atomic E-state index is 12.5. The average Bonchev–Trinajstić information content (AvgIpc) is 2.46. The van der Waals surface area contributed by atoms with Gasteiger partial charge in [0, 0.05) is 32.2 Å². The molecule has 0 aliphatic carbocycles. The number of carbonyl (C=O) groups excluding carboxylic acids is 1. The number of anilines is 1. The number of nitrogens with one attached hydrogen (secondary N) is 1. The highest BCUT2D eigenvalue weighted by atomic mass is 16.2. The number of nitrogens with zero attached hydrogens (tertiary/aromatic N) is 4. The minimum Gasteiger partial charge on any atom is -0.369 e. The summed E-state index contributed by atoms with van der Waals surface area (Å²) in [5.41, 5.74) is 0.497. The standard InChI is InChI=1S/C15H25N5O/c1-12-17-13(15(21)20-8-5-4-6-9-20)11-14(18-12)16-7-10-19(2)3/h11H,4-10H2,1-3H3,(H,16,17,18). The van der Waals surface area contributed by atoms with Crippen molar-refractivity contribution in [3.63, 3.8) is 0 Å². The Labute approximate surface area is 126 Å². The predicted molar refractivity (Wildman–Crippen MR) is 83.6 cm³/mol. The number of hydrogen-bond acceptors (Lipinski definition) is 5. The molecule has 1 aliphatic rings. The van der Waals surface area contributed by atoms with Crippen LogP contribution in [0.3, 0.4) is 0 Å². The molecule has 6 heteroatoms. The van der Waals surface area contributed by atoms with E-state index in [2.05, 4.69) is 20.2 Å². The van der Waals surface area contributed by atoms with E-state index in [0.717, 1.165) is 44.8 Å². The zero-order chi connectivity index (χ0) is 15.2. The molecule has 1 fully saturated rings. The monoisotopic (exact) mass is 291 g/mol. The largest absolute Gasteiger partial charge is 0.369 e. The third-order valence-corrected chi connectivity index (χ3v) is 3.57. The quantitative estimate of drug-likeness (QED) is 0.888. The molecule has 21 heavy (non-hydrogen) atoms. The van der Waals surface area contributed by atoms with Crippen molar-refractivity contribution < 1.29 is 4.79 Å². The van der Waals surface area contributed by atoms with Gasteiger partial charge in [-0.15, -0.1) is 0 Å². The molecule has 0 aromatic carbocycles. The summed E-state index contributed by atoms with van der Waals surface area (Å²) in [4.78, 5) is 25.1. The van der Waals surface area contributed by atoms with Gasteiger partial charge in [0.15, 0.2) is 0 Å². The molecule has 0 radical (unpaired) electrons. The lowest BCUT2D eigenvalue weighted by molar-refractivity contribution is 0.0718. The second-order valence-corrected chi connectivity index (χ2v) is 5.77.